The lowest BCUT2D eigenvalue weighted by Crippen LogP contribution is -2.28. The Morgan fingerprint density at radius 3 is 2.24 bits per heavy atom. The van der Waals surface area contributed by atoms with Gasteiger partial charge >= 0.3 is 5.97 Å². The third-order valence-corrected chi connectivity index (χ3v) is 3.32. The molecule has 110 valence electrons. The number of carbonyl (C=O) groups excluding carboxylic acids is 1. The summed E-state index contributed by atoms with van der Waals surface area (Å²) < 4.78 is 5.32. The summed E-state index contributed by atoms with van der Waals surface area (Å²) >= 11 is 0. The molecule has 0 radical (unpaired) electrons. The summed E-state index contributed by atoms with van der Waals surface area (Å²) in [6, 6.07) is 19.8. The number of ether oxygens (including phenoxy) is 1. The third kappa shape index (κ3) is 4.95. The van der Waals surface area contributed by atoms with Crippen molar-refractivity contribution in [2.75, 3.05) is 24.6 Å². The van der Waals surface area contributed by atoms with Gasteiger partial charge in [-0.05, 0) is 24.6 Å². The van der Waals surface area contributed by atoms with Crippen LogP contribution in [0.3, 0.4) is 0 Å². The van der Waals surface area contributed by atoms with Gasteiger partial charge < -0.3 is 9.64 Å². The molecule has 0 atom stereocenters. The molecule has 3 heteroatoms. The highest BCUT2D eigenvalue weighted by atomic mass is 16.5. The number of rotatable bonds is 7. The molecule has 0 saturated carbocycles. The number of likely N-dealkylation sites (N-methyl/N-ethyl adjacent to an activating group) is 1. The predicted octanol–water partition coefficient (Wildman–Crippen LogP) is 3.30. The number of hydrogen-bond acceptors (Lipinski definition) is 3. The van der Waals surface area contributed by atoms with Crippen molar-refractivity contribution >= 4 is 11.7 Å². The summed E-state index contributed by atoms with van der Waals surface area (Å²) in [5.41, 5.74) is 2.14. The third-order valence-electron chi connectivity index (χ3n) is 3.32. The molecule has 2 aromatic carbocycles. The van der Waals surface area contributed by atoms with Crippen molar-refractivity contribution in [3.8, 4) is 0 Å². The Morgan fingerprint density at radius 2 is 1.62 bits per heavy atom. The lowest BCUT2D eigenvalue weighted by molar-refractivity contribution is -0.142. The van der Waals surface area contributed by atoms with Crippen molar-refractivity contribution in [2.45, 2.75) is 13.3 Å². The molecule has 0 saturated heterocycles. The van der Waals surface area contributed by atoms with E-state index in [4.69, 9.17) is 4.74 Å². The van der Waals surface area contributed by atoms with Crippen LogP contribution in [0, 0.1) is 0 Å². The van der Waals surface area contributed by atoms with Gasteiger partial charge in [0.1, 0.15) is 6.61 Å². The molecular formula is C18H21NO2. The molecule has 21 heavy (non-hydrogen) atoms. The first kappa shape index (κ1) is 15.1. The second-order valence-electron chi connectivity index (χ2n) is 4.80. The molecule has 0 fully saturated rings. The Labute approximate surface area is 126 Å². The van der Waals surface area contributed by atoms with Crippen LogP contribution in [0.2, 0.25) is 0 Å². The minimum absolute atomic E-state index is 0.176. The van der Waals surface area contributed by atoms with Gasteiger partial charge in [0.2, 0.25) is 0 Å². The van der Waals surface area contributed by atoms with Gasteiger partial charge in [-0.15, -0.1) is 0 Å². The van der Waals surface area contributed by atoms with Gasteiger partial charge in [0.05, 0.1) is 13.0 Å². The molecule has 0 bridgehead atoms. The van der Waals surface area contributed by atoms with Crippen molar-refractivity contribution in [3.63, 3.8) is 0 Å². The van der Waals surface area contributed by atoms with Gasteiger partial charge in [-0.25, -0.2) is 0 Å². The smallest absolute Gasteiger partial charge is 0.310 e. The summed E-state index contributed by atoms with van der Waals surface area (Å²) in [5, 5.41) is 0. The summed E-state index contributed by atoms with van der Waals surface area (Å²) in [7, 11) is 0. The fraction of sp³-hybridized carbons (Fsp3) is 0.278. The summed E-state index contributed by atoms with van der Waals surface area (Å²) in [5.74, 6) is -0.176. The van der Waals surface area contributed by atoms with Crippen LogP contribution in [0.1, 0.15) is 12.5 Å². The molecule has 2 rings (SSSR count). The zero-order valence-electron chi connectivity index (χ0n) is 12.4. The van der Waals surface area contributed by atoms with Crippen LogP contribution in [-0.2, 0) is 16.0 Å². The highest BCUT2D eigenvalue weighted by Gasteiger charge is 2.07. The van der Waals surface area contributed by atoms with E-state index >= 15 is 0 Å². The second kappa shape index (κ2) is 8.10. The normalized spacial score (nSPS) is 10.1. The SMILES string of the molecule is CCN(CCOC(=O)Cc1ccccc1)c1ccccc1. The molecule has 0 aliphatic heterocycles. The Balaban J connectivity index is 1.76. The summed E-state index contributed by atoms with van der Waals surface area (Å²) in [6.07, 6.45) is 0.332. The Kier molecular flexibility index (Phi) is 5.83. The van der Waals surface area contributed by atoms with E-state index < -0.39 is 0 Å². The van der Waals surface area contributed by atoms with Crippen LogP contribution in [-0.4, -0.2) is 25.7 Å². The fourth-order valence-electron chi connectivity index (χ4n) is 2.19. The molecule has 0 heterocycles. The molecule has 0 aromatic heterocycles. The van der Waals surface area contributed by atoms with Crippen LogP contribution in [0.25, 0.3) is 0 Å². The number of para-hydroxylation sites is 1. The number of carbonyl (C=O) groups is 1. The van der Waals surface area contributed by atoms with Gasteiger partial charge in [-0.2, -0.15) is 0 Å². The van der Waals surface area contributed by atoms with Gasteiger partial charge in [-0.1, -0.05) is 48.5 Å². The first-order valence-corrected chi connectivity index (χ1v) is 7.29. The van der Waals surface area contributed by atoms with Crippen molar-refractivity contribution < 1.29 is 9.53 Å². The van der Waals surface area contributed by atoms with Crippen LogP contribution in [0.4, 0.5) is 5.69 Å². The highest BCUT2D eigenvalue weighted by Crippen LogP contribution is 2.12. The second-order valence-corrected chi connectivity index (χ2v) is 4.80. The lowest BCUT2D eigenvalue weighted by atomic mass is 10.2. The van der Waals surface area contributed by atoms with E-state index in [0.29, 0.717) is 19.6 Å². The minimum Gasteiger partial charge on any atom is -0.464 e. The van der Waals surface area contributed by atoms with E-state index in [1.165, 1.54) is 0 Å². The maximum absolute atomic E-state index is 11.8. The predicted molar refractivity (Wildman–Crippen MR) is 85.4 cm³/mol. The van der Waals surface area contributed by atoms with Crippen molar-refractivity contribution in [1.82, 2.24) is 0 Å². The molecule has 0 unspecified atom stereocenters. The molecule has 0 aliphatic rings. The number of benzene rings is 2. The molecule has 0 N–H and O–H groups in total. The van der Waals surface area contributed by atoms with Gasteiger partial charge in [0, 0.05) is 12.2 Å². The number of nitrogens with zero attached hydrogens (tertiary/aromatic N) is 1. The standard InChI is InChI=1S/C18H21NO2/c1-2-19(17-11-7-4-8-12-17)13-14-21-18(20)15-16-9-5-3-6-10-16/h3-12H,2,13-15H2,1H3. The Morgan fingerprint density at radius 1 is 1.00 bits per heavy atom. The largest absolute Gasteiger partial charge is 0.464 e. The molecule has 0 spiro atoms. The lowest BCUT2D eigenvalue weighted by Gasteiger charge is -2.22. The van der Waals surface area contributed by atoms with E-state index in [0.717, 1.165) is 17.8 Å². The van der Waals surface area contributed by atoms with E-state index in [1.54, 1.807) is 0 Å². The first-order valence-electron chi connectivity index (χ1n) is 7.29. The van der Waals surface area contributed by atoms with Gasteiger partial charge in [-0.3, -0.25) is 4.79 Å². The van der Waals surface area contributed by atoms with Gasteiger partial charge in [0.25, 0.3) is 0 Å². The summed E-state index contributed by atoms with van der Waals surface area (Å²) in [6.45, 7) is 4.11. The molecular weight excluding hydrogens is 262 g/mol. The fourth-order valence-corrected chi connectivity index (χ4v) is 2.19. The quantitative estimate of drug-likeness (QED) is 0.730. The first-order chi connectivity index (χ1) is 10.3. The van der Waals surface area contributed by atoms with Crippen LogP contribution in [0.5, 0.6) is 0 Å². The van der Waals surface area contributed by atoms with Crippen molar-refractivity contribution in [2.24, 2.45) is 0 Å². The average Bonchev–Trinajstić information content (AvgIpc) is 2.53. The zero-order valence-corrected chi connectivity index (χ0v) is 12.4. The summed E-state index contributed by atoms with van der Waals surface area (Å²) in [4.78, 5) is 14.0. The van der Waals surface area contributed by atoms with E-state index in [9.17, 15) is 4.79 Å². The minimum atomic E-state index is -0.176. The molecule has 0 amide bonds. The van der Waals surface area contributed by atoms with Crippen LogP contribution in [0.15, 0.2) is 60.7 Å². The topological polar surface area (TPSA) is 29.5 Å². The molecule has 3 nitrogen and oxygen atoms in total. The van der Waals surface area contributed by atoms with Crippen LogP contribution < -0.4 is 4.90 Å². The van der Waals surface area contributed by atoms with Crippen molar-refractivity contribution in [1.29, 1.82) is 0 Å². The molecule has 2 aromatic rings. The maximum atomic E-state index is 11.8. The Hall–Kier alpha value is -2.29. The van der Waals surface area contributed by atoms with Crippen molar-refractivity contribution in [3.05, 3.63) is 66.2 Å². The van der Waals surface area contributed by atoms with Crippen LogP contribution >= 0.6 is 0 Å². The Bertz CT molecular complexity index is 540. The maximum Gasteiger partial charge on any atom is 0.310 e. The monoisotopic (exact) mass is 283 g/mol. The number of anilines is 1. The number of esters is 1. The zero-order chi connectivity index (χ0) is 14.9. The van der Waals surface area contributed by atoms with Gasteiger partial charge in [0.15, 0.2) is 0 Å². The van der Waals surface area contributed by atoms with E-state index in [-0.39, 0.29) is 5.97 Å². The van der Waals surface area contributed by atoms with E-state index in [1.807, 2.05) is 48.5 Å². The molecule has 0 aliphatic carbocycles. The average molecular weight is 283 g/mol. The van der Waals surface area contributed by atoms with E-state index in [2.05, 4.69) is 24.0 Å². The number of hydrogen-bond donors (Lipinski definition) is 0. The highest BCUT2D eigenvalue weighted by molar-refractivity contribution is 5.72.